The molecule has 0 aliphatic carbocycles. The molecule has 0 saturated heterocycles. The third kappa shape index (κ3) is 3.88. The Balaban J connectivity index is 2.18. The number of hydrogen-bond donors (Lipinski definition) is 0. The smallest absolute Gasteiger partial charge is 0.140 e. The van der Waals surface area contributed by atoms with E-state index in [1.807, 2.05) is 12.3 Å². The maximum absolute atomic E-state index is 13.4. The molecule has 19 heavy (non-hydrogen) atoms. The van der Waals surface area contributed by atoms with Gasteiger partial charge in [0, 0.05) is 29.0 Å². The average Bonchev–Trinajstić information content (AvgIpc) is 2.75. The van der Waals surface area contributed by atoms with Crippen LogP contribution in [0.15, 0.2) is 35.1 Å². The van der Waals surface area contributed by atoms with Crippen molar-refractivity contribution in [1.29, 1.82) is 0 Å². The first-order chi connectivity index (χ1) is 9.06. The zero-order valence-electron chi connectivity index (χ0n) is 11.1. The Hall–Kier alpha value is -1.20. The minimum absolute atomic E-state index is 0.257. The van der Waals surface area contributed by atoms with E-state index in [0.29, 0.717) is 0 Å². The van der Waals surface area contributed by atoms with Gasteiger partial charge in [0.25, 0.3) is 0 Å². The summed E-state index contributed by atoms with van der Waals surface area (Å²) in [5.74, 6) is 0.547. The van der Waals surface area contributed by atoms with Gasteiger partial charge in [-0.3, -0.25) is 0 Å². The van der Waals surface area contributed by atoms with E-state index in [4.69, 9.17) is 0 Å². The van der Waals surface area contributed by atoms with Crippen molar-refractivity contribution in [3.63, 3.8) is 0 Å². The highest BCUT2D eigenvalue weighted by atomic mass is 79.9. The van der Waals surface area contributed by atoms with Crippen LogP contribution in [0.1, 0.15) is 6.42 Å². The van der Waals surface area contributed by atoms with Gasteiger partial charge >= 0.3 is 0 Å². The number of hydrogen-bond acceptors (Lipinski definition) is 2. The van der Waals surface area contributed by atoms with Gasteiger partial charge in [-0.15, -0.1) is 0 Å². The van der Waals surface area contributed by atoms with Crippen molar-refractivity contribution in [2.24, 2.45) is 0 Å². The van der Waals surface area contributed by atoms with Crippen LogP contribution in [0.5, 0.6) is 0 Å². The molecule has 1 aromatic heterocycles. The summed E-state index contributed by atoms with van der Waals surface area (Å²) in [5.41, 5.74) is 0.793. The van der Waals surface area contributed by atoms with Gasteiger partial charge in [0.15, 0.2) is 0 Å². The van der Waals surface area contributed by atoms with Crippen LogP contribution in [0.2, 0.25) is 0 Å². The van der Waals surface area contributed by atoms with E-state index in [-0.39, 0.29) is 5.82 Å². The molecule has 1 aromatic carbocycles. The number of imidazole rings is 1. The molecule has 5 heteroatoms. The molecule has 0 radical (unpaired) electrons. The van der Waals surface area contributed by atoms with E-state index in [2.05, 4.69) is 44.5 Å². The Morgan fingerprint density at radius 2 is 2.11 bits per heavy atom. The molecule has 0 saturated carbocycles. The van der Waals surface area contributed by atoms with Gasteiger partial charge in [-0.25, -0.2) is 9.37 Å². The number of nitrogens with zero attached hydrogens (tertiary/aromatic N) is 3. The maximum Gasteiger partial charge on any atom is 0.140 e. The Bertz CT molecular complexity index is 531. The molecular formula is C14H17BrFN3. The van der Waals surface area contributed by atoms with Gasteiger partial charge in [-0.1, -0.05) is 15.9 Å². The molecule has 0 amide bonds. The highest BCUT2D eigenvalue weighted by molar-refractivity contribution is 9.10. The summed E-state index contributed by atoms with van der Waals surface area (Å²) in [6.45, 7) is 1.89. The van der Waals surface area contributed by atoms with Crippen molar-refractivity contribution in [1.82, 2.24) is 14.5 Å². The molecule has 3 nitrogen and oxygen atoms in total. The fourth-order valence-electron chi connectivity index (χ4n) is 1.99. The van der Waals surface area contributed by atoms with Crippen molar-refractivity contribution in [3.05, 3.63) is 40.9 Å². The largest absolute Gasteiger partial charge is 0.331 e. The lowest BCUT2D eigenvalue weighted by molar-refractivity contribution is 0.387. The van der Waals surface area contributed by atoms with Crippen molar-refractivity contribution >= 4 is 15.9 Å². The van der Waals surface area contributed by atoms with Crippen LogP contribution in [0, 0.1) is 5.82 Å². The van der Waals surface area contributed by atoms with Crippen molar-refractivity contribution in [3.8, 4) is 11.4 Å². The molecule has 0 aliphatic heterocycles. The number of benzene rings is 1. The lowest BCUT2D eigenvalue weighted by atomic mass is 10.2. The molecule has 0 unspecified atom stereocenters. The van der Waals surface area contributed by atoms with Crippen molar-refractivity contribution in [2.75, 3.05) is 20.6 Å². The summed E-state index contributed by atoms with van der Waals surface area (Å²) in [7, 11) is 4.11. The second-order valence-electron chi connectivity index (χ2n) is 4.76. The van der Waals surface area contributed by atoms with Crippen LogP contribution in [0.25, 0.3) is 11.4 Å². The highest BCUT2D eigenvalue weighted by Crippen LogP contribution is 2.23. The number of halogens is 2. The maximum atomic E-state index is 13.4. The van der Waals surface area contributed by atoms with E-state index in [0.717, 1.165) is 35.4 Å². The molecule has 0 aliphatic rings. The lowest BCUT2D eigenvalue weighted by Crippen LogP contribution is -2.15. The van der Waals surface area contributed by atoms with Gasteiger partial charge in [0.1, 0.15) is 11.6 Å². The third-order valence-corrected chi connectivity index (χ3v) is 3.30. The van der Waals surface area contributed by atoms with Gasteiger partial charge in [-0.2, -0.15) is 0 Å². The highest BCUT2D eigenvalue weighted by Gasteiger charge is 2.08. The zero-order chi connectivity index (χ0) is 13.8. The molecule has 0 fully saturated rings. The SMILES string of the molecule is CN(C)CCCn1ccnc1-c1cc(F)cc(Br)c1. The fraction of sp³-hybridized carbons (Fsp3) is 0.357. The minimum Gasteiger partial charge on any atom is -0.331 e. The van der Waals surface area contributed by atoms with Crippen LogP contribution < -0.4 is 0 Å². The molecule has 0 spiro atoms. The van der Waals surface area contributed by atoms with E-state index in [9.17, 15) is 4.39 Å². The predicted octanol–water partition coefficient (Wildman–Crippen LogP) is 3.40. The Morgan fingerprint density at radius 3 is 2.79 bits per heavy atom. The average molecular weight is 326 g/mol. The van der Waals surface area contributed by atoms with Gasteiger partial charge < -0.3 is 9.47 Å². The summed E-state index contributed by atoms with van der Waals surface area (Å²) >= 11 is 3.31. The lowest BCUT2D eigenvalue weighted by Gasteiger charge is -2.11. The van der Waals surface area contributed by atoms with Crippen molar-refractivity contribution < 1.29 is 4.39 Å². The zero-order valence-corrected chi connectivity index (χ0v) is 12.7. The molecule has 2 rings (SSSR count). The summed E-state index contributed by atoms with van der Waals surface area (Å²) in [6, 6.07) is 4.84. The Labute approximate surface area is 121 Å². The summed E-state index contributed by atoms with van der Waals surface area (Å²) in [4.78, 5) is 6.48. The van der Waals surface area contributed by atoms with Crippen LogP contribution in [-0.4, -0.2) is 35.1 Å². The normalized spacial score (nSPS) is 11.2. The Kier molecular flexibility index (Phi) is 4.71. The van der Waals surface area contributed by atoms with E-state index in [1.54, 1.807) is 6.20 Å². The summed E-state index contributed by atoms with van der Waals surface area (Å²) in [5, 5.41) is 0. The fourth-order valence-corrected chi connectivity index (χ4v) is 2.46. The van der Waals surface area contributed by atoms with Crippen molar-refractivity contribution in [2.45, 2.75) is 13.0 Å². The van der Waals surface area contributed by atoms with Crippen LogP contribution in [-0.2, 0) is 6.54 Å². The van der Waals surface area contributed by atoms with E-state index >= 15 is 0 Å². The van der Waals surface area contributed by atoms with E-state index in [1.165, 1.54) is 12.1 Å². The summed E-state index contributed by atoms with van der Waals surface area (Å²) < 4.78 is 16.2. The van der Waals surface area contributed by atoms with E-state index < -0.39 is 0 Å². The topological polar surface area (TPSA) is 21.1 Å². The molecule has 0 bridgehead atoms. The molecule has 0 atom stereocenters. The monoisotopic (exact) mass is 325 g/mol. The predicted molar refractivity (Wildman–Crippen MR) is 78.5 cm³/mol. The molecule has 102 valence electrons. The Morgan fingerprint density at radius 1 is 1.32 bits per heavy atom. The standard InChI is InChI=1S/C14H17BrFN3/c1-18(2)5-3-6-19-7-4-17-14(19)11-8-12(15)10-13(16)9-11/h4,7-10H,3,5-6H2,1-2H3. The summed E-state index contributed by atoms with van der Waals surface area (Å²) in [6.07, 6.45) is 4.72. The number of aryl methyl sites for hydroxylation is 1. The second-order valence-corrected chi connectivity index (χ2v) is 5.67. The van der Waals surface area contributed by atoms with Crippen LogP contribution >= 0.6 is 15.9 Å². The van der Waals surface area contributed by atoms with Crippen LogP contribution in [0.4, 0.5) is 4.39 Å². The first-order valence-corrected chi connectivity index (χ1v) is 6.98. The van der Waals surface area contributed by atoms with Crippen LogP contribution in [0.3, 0.4) is 0 Å². The first kappa shape index (κ1) is 14.2. The quantitative estimate of drug-likeness (QED) is 0.840. The molecular weight excluding hydrogens is 309 g/mol. The second kappa shape index (κ2) is 6.30. The van der Waals surface area contributed by atoms with Gasteiger partial charge in [0.2, 0.25) is 0 Å². The van der Waals surface area contributed by atoms with Gasteiger partial charge in [-0.05, 0) is 45.3 Å². The number of aromatic nitrogens is 2. The first-order valence-electron chi connectivity index (χ1n) is 6.18. The van der Waals surface area contributed by atoms with Gasteiger partial charge in [0.05, 0.1) is 0 Å². The third-order valence-electron chi connectivity index (χ3n) is 2.84. The molecule has 2 aromatic rings. The number of rotatable bonds is 5. The minimum atomic E-state index is -0.257. The molecule has 0 N–H and O–H groups in total. The molecule has 1 heterocycles.